The van der Waals surface area contributed by atoms with E-state index in [1.54, 1.807) is 37.4 Å². The Hall–Kier alpha value is -2.82. The molecule has 2 atom stereocenters. The summed E-state index contributed by atoms with van der Waals surface area (Å²) in [6, 6.07) is 15.4. The Kier molecular flexibility index (Phi) is 6.61. The van der Waals surface area contributed by atoms with E-state index in [0.717, 1.165) is 5.56 Å². The van der Waals surface area contributed by atoms with E-state index in [4.69, 9.17) is 39.2 Å². The molecule has 2 unspecified atom stereocenters. The van der Waals surface area contributed by atoms with Gasteiger partial charge in [0.2, 0.25) is 10.0 Å². The number of hydrazone groups is 1. The first-order valence-corrected chi connectivity index (χ1v) is 13.4. The normalized spacial score (nSPS) is 16.7. The monoisotopic (exact) mass is 564 g/mol. The van der Waals surface area contributed by atoms with Crippen molar-refractivity contribution in [1.29, 1.82) is 0 Å². The largest absolute Gasteiger partial charge is 0.419 e. The summed E-state index contributed by atoms with van der Waals surface area (Å²) in [7, 11) is -2.55. The minimum atomic E-state index is -4.09. The molecule has 4 aromatic rings. The fourth-order valence-corrected chi connectivity index (χ4v) is 5.94. The molecule has 0 bridgehead atoms. The lowest BCUT2D eigenvalue weighted by Crippen LogP contribution is -2.33. The number of rotatable bonds is 6. The standard InChI is InChI=1S/C24H19Cl3N4O4S/c1-31-21-9-7-16(11-22(21)35-24(31)32)36(33,34)30-23(17-8-6-15(26)10-18(17)27)20-12-19(28-29-20)13-2-4-14(25)5-3-13/h2-11,19,23,28,30H,12H2,1H3. The van der Waals surface area contributed by atoms with E-state index in [9.17, 15) is 13.2 Å². The first kappa shape index (κ1) is 24.9. The molecular weight excluding hydrogens is 547 g/mol. The van der Waals surface area contributed by atoms with E-state index in [1.165, 1.54) is 22.8 Å². The fourth-order valence-electron chi connectivity index (χ4n) is 4.08. The van der Waals surface area contributed by atoms with Crippen molar-refractivity contribution in [1.82, 2.24) is 14.7 Å². The van der Waals surface area contributed by atoms with Gasteiger partial charge in [-0.15, -0.1) is 0 Å². The van der Waals surface area contributed by atoms with Crippen LogP contribution in [0.3, 0.4) is 0 Å². The van der Waals surface area contributed by atoms with E-state index in [-0.39, 0.29) is 21.5 Å². The molecule has 12 heteroatoms. The Morgan fingerprint density at radius 3 is 2.50 bits per heavy atom. The lowest BCUT2D eigenvalue weighted by molar-refractivity contribution is 0.527. The zero-order valence-corrected chi connectivity index (χ0v) is 21.8. The van der Waals surface area contributed by atoms with Crippen LogP contribution in [0.15, 0.2) is 79.9 Å². The van der Waals surface area contributed by atoms with Crippen LogP contribution in [-0.2, 0) is 17.1 Å². The molecule has 1 aliphatic rings. The third-order valence-corrected chi connectivity index (χ3v) is 8.24. The van der Waals surface area contributed by atoms with Gasteiger partial charge in [-0.1, -0.05) is 53.0 Å². The molecule has 186 valence electrons. The van der Waals surface area contributed by atoms with Crippen LogP contribution in [0.4, 0.5) is 0 Å². The predicted molar refractivity (Wildman–Crippen MR) is 140 cm³/mol. The van der Waals surface area contributed by atoms with Crippen molar-refractivity contribution in [3.8, 4) is 0 Å². The molecule has 2 heterocycles. The highest BCUT2D eigenvalue weighted by atomic mass is 35.5. The first-order chi connectivity index (χ1) is 17.1. The molecular formula is C24H19Cl3N4O4S. The minimum absolute atomic E-state index is 0.0692. The van der Waals surface area contributed by atoms with Crippen molar-refractivity contribution in [2.45, 2.75) is 23.4 Å². The lowest BCUT2D eigenvalue weighted by atomic mass is 9.96. The van der Waals surface area contributed by atoms with Gasteiger partial charge in [0, 0.05) is 34.6 Å². The zero-order chi connectivity index (χ0) is 25.6. The Morgan fingerprint density at radius 1 is 1.06 bits per heavy atom. The molecule has 0 fully saturated rings. The molecule has 0 saturated heterocycles. The van der Waals surface area contributed by atoms with E-state index in [1.807, 2.05) is 12.1 Å². The third kappa shape index (κ3) is 4.77. The molecule has 2 N–H and O–H groups in total. The molecule has 0 saturated carbocycles. The topological polar surface area (TPSA) is 106 Å². The second kappa shape index (κ2) is 9.57. The maximum Gasteiger partial charge on any atom is 0.419 e. The average Bonchev–Trinajstić information content (AvgIpc) is 3.43. The van der Waals surface area contributed by atoms with Crippen LogP contribution in [0.1, 0.15) is 29.6 Å². The fraction of sp³-hybridized carbons (Fsp3) is 0.167. The quantitative estimate of drug-likeness (QED) is 0.334. The van der Waals surface area contributed by atoms with Gasteiger partial charge in [-0.25, -0.2) is 13.2 Å². The molecule has 36 heavy (non-hydrogen) atoms. The molecule has 0 spiro atoms. The zero-order valence-electron chi connectivity index (χ0n) is 18.7. The van der Waals surface area contributed by atoms with Crippen molar-refractivity contribution in [2.24, 2.45) is 12.1 Å². The van der Waals surface area contributed by atoms with Crippen LogP contribution >= 0.6 is 34.8 Å². The van der Waals surface area contributed by atoms with Crippen LogP contribution < -0.4 is 15.9 Å². The molecule has 0 radical (unpaired) electrons. The van der Waals surface area contributed by atoms with Gasteiger partial charge in [0.05, 0.1) is 28.2 Å². The highest BCUT2D eigenvalue weighted by Crippen LogP contribution is 2.34. The lowest BCUT2D eigenvalue weighted by Gasteiger charge is -2.21. The smallest absolute Gasteiger partial charge is 0.408 e. The van der Waals surface area contributed by atoms with Gasteiger partial charge in [-0.2, -0.15) is 9.82 Å². The van der Waals surface area contributed by atoms with Crippen molar-refractivity contribution in [3.63, 3.8) is 0 Å². The number of oxazole rings is 1. The Labute approximate surface area is 221 Å². The van der Waals surface area contributed by atoms with E-state index < -0.39 is 21.8 Å². The maximum absolute atomic E-state index is 13.5. The van der Waals surface area contributed by atoms with E-state index >= 15 is 0 Å². The van der Waals surface area contributed by atoms with Gasteiger partial charge >= 0.3 is 5.76 Å². The molecule has 0 amide bonds. The van der Waals surface area contributed by atoms with E-state index in [2.05, 4.69) is 15.2 Å². The maximum atomic E-state index is 13.5. The van der Waals surface area contributed by atoms with Crippen molar-refractivity contribution >= 4 is 61.6 Å². The van der Waals surface area contributed by atoms with Crippen molar-refractivity contribution in [2.75, 3.05) is 0 Å². The van der Waals surface area contributed by atoms with Gasteiger partial charge in [-0.3, -0.25) is 4.57 Å². The average molecular weight is 566 g/mol. The highest BCUT2D eigenvalue weighted by molar-refractivity contribution is 7.89. The van der Waals surface area contributed by atoms with Crippen LogP contribution in [0.5, 0.6) is 0 Å². The molecule has 8 nitrogen and oxygen atoms in total. The molecule has 5 rings (SSSR count). The molecule has 0 aliphatic carbocycles. The van der Waals surface area contributed by atoms with Crippen LogP contribution in [0.25, 0.3) is 11.1 Å². The number of nitrogens with one attached hydrogen (secondary N) is 2. The molecule has 1 aliphatic heterocycles. The van der Waals surface area contributed by atoms with Gasteiger partial charge in [0.1, 0.15) is 0 Å². The Morgan fingerprint density at radius 2 is 1.78 bits per heavy atom. The first-order valence-electron chi connectivity index (χ1n) is 10.8. The summed E-state index contributed by atoms with van der Waals surface area (Å²) in [5.74, 6) is -0.585. The summed E-state index contributed by atoms with van der Waals surface area (Å²) >= 11 is 18.6. The Balaban J connectivity index is 1.50. The number of halogens is 3. The Bertz CT molecular complexity index is 1660. The van der Waals surface area contributed by atoms with Crippen molar-refractivity contribution in [3.05, 3.63) is 97.4 Å². The second-order valence-electron chi connectivity index (χ2n) is 8.32. The van der Waals surface area contributed by atoms with Gasteiger partial charge in [-0.05, 0) is 47.5 Å². The van der Waals surface area contributed by atoms with Gasteiger partial charge in [0.15, 0.2) is 5.58 Å². The molecule has 1 aromatic heterocycles. The summed E-state index contributed by atoms with van der Waals surface area (Å²) in [6.45, 7) is 0. The predicted octanol–water partition coefficient (Wildman–Crippen LogP) is 5.20. The minimum Gasteiger partial charge on any atom is -0.408 e. The van der Waals surface area contributed by atoms with Crippen LogP contribution in [-0.4, -0.2) is 18.7 Å². The molecule has 3 aromatic carbocycles. The van der Waals surface area contributed by atoms with Crippen LogP contribution in [0, 0.1) is 0 Å². The number of hydrogen-bond donors (Lipinski definition) is 2. The summed E-state index contributed by atoms with van der Waals surface area (Å²) in [6.07, 6.45) is 0.417. The van der Waals surface area contributed by atoms with E-state index in [0.29, 0.717) is 33.3 Å². The number of benzene rings is 3. The van der Waals surface area contributed by atoms with Crippen LogP contribution in [0.2, 0.25) is 15.1 Å². The number of fused-ring (bicyclic) bond motifs is 1. The SMILES string of the molecule is Cn1c(=O)oc2cc(S(=O)(=O)NC(C3=NNC(c4ccc(Cl)cc4)C3)c3ccc(Cl)cc3Cl)ccc21. The summed E-state index contributed by atoms with van der Waals surface area (Å²) in [5.41, 5.74) is 5.69. The summed E-state index contributed by atoms with van der Waals surface area (Å²) < 4.78 is 36.1. The third-order valence-electron chi connectivity index (χ3n) is 6.00. The highest BCUT2D eigenvalue weighted by Gasteiger charge is 2.32. The van der Waals surface area contributed by atoms with Crippen molar-refractivity contribution < 1.29 is 12.8 Å². The number of aromatic nitrogens is 1. The van der Waals surface area contributed by atoms with Gasteiger partial charge in [0.25, 0.3) is 0 Å². The van der Waals surface area contributed by atoms with Gasteiger partial charge < -0.3 is 9.84 Å². The summed E-state index contributed by atoms with van der Waals surface area (Å²) in [5, 5.41) is 5.77. The number of nitrogens with zero attached hydrogens (tertiary/aromatic N) is 2. The number of aryl methyl sites for hydroxylation is 1. The summed E-state index contributed by atoms with van der Waals surface area (Å²) in [4.78, 5) is 11.8. The number of hydrogen-bond acceptors (Lipinski definition) is 6. The second-order valence-corrected chi connectivity index (χ2v) is 11.3. The number of sulfonamides is 1.